The molecule has 0 unspecified atom stereocenters. The number of alkyl halides is 3. The second-order valence-electron chi connectivity index (χ2n) is 4.63. The van der Waals surface area contributed by atoms with Crippen LogP contribution in [0.2, 0.25) is 0 Å². The van der Waals surface area contributed by atoms with Crippen molar-refractivity contribution in [2.75, 3.05) is 23.3 Å². The van der Waals surface area contributed by atoms with Crippen molar-refractivity contribution in [3.63, 3.8) is 0 Å². The molecular formula is C15H17F3N4. The molecule has 1 N–H and O–H groups in total. The van der Waals surface area contributed by atoms with Crippen molar-refractivity contribution in [2.45, 2.75) is 20.0 Å². The smallest absolute Gasteiger partial charge is 0.357 e. The summed E-state index contributed by atoms with van der Waals surface area (Å²) in [6.07, 6.45) is -2.90. The quantitative estimate of drug-likeness (QED) is 0.903. The fourth-order valence-electron chi connectivity index (χ4n) is 2.03. The van der Waals surface area contributed by atoms with Gasteiger partial charge in [-0.1, -0.05) is 0 Å². The SMILES string of the molecule is CCN(CC)c1cc(Nc2ccc(C(F)(F)F)cc2)ncn1. The molecule has 1 aromatic carbocycles. The minimum absolute atomic E-state index is 0.539. The van der Waals surface area contributed by atoms with Crippen LogP contribution in [0.4, 0.5) is 30.5 Å². The summed E-state index contributed by atoms with van der Waals surface area (Å²) in [6.45, 7) is 5.67. The Morgan fingerprint density at radius 1 is 1.05 bits per heavy atom. The highest BCUT2D eigenvalue weighted by Gasteiger charge is 2.29. The van der Waals surface area contributed by atoms with Gasteiger partial charge in [-0.3, -0.25) is 0 Å². The molecule has 0 amide bonds. The van der Waals surface area contributed by atoms with Gasteiger partial charge in [0.15, 0.2) is 0 Å². The van der Waals surface area contributed by atoms with E-state index in [0.29, 0.717) is 11.5 Å². The number of benzene rings is 1. The molecule has 0 aliphatic carbocycles. The molecule has 118 valence electrons. The van der Waals surface area contributed by atoms with Gasteiger partial charge in [0, 0.05) is 24.8 Å². The van der Waals surface area contributed by atoms with E-state index in [2.05, 4.69) is 20.2 Å². The van der Waals surface area contributed by atoms with Gasteiger partial charge in [0.1, 0.15) is 18.0 Å². The number of nitrogens with zero attached hydrogens (tertiary/aromatic N) is 3. The van der Waals surface area contributed by atoms with E-state index in [1.165, 1.54) is 18.5 Å². The highest BCUT2D eigenvalue weighted by Crippen LogP contribution is 2.30. The van der Waals surface area contributed by atoms with Crippen molar-refractivity contribution in [2.24, 2.45) is 0 Å². The Morgan fingerprint density at radius 3 is 2.23 bits per heavy atom. The van der Waals surface area contributed by atoms with Crippen LogP contribution in [-0.4, -0.2) is 23.1 Å². The normalized spacial score (nSPS) is 11.3. The number of aromatic nitrogens is 2. The van der Waals surface area contributed by atoms with Crippen molar-refractivity contribution in [1.29, 1.82) is 0 Å². The van der Waals surface area contributed by atoms with Gasteiger partial charge in [0.2, 0.25) is 0 Å². The van der Waals surface area contributed by atoms with Gasteiger partial charge >= 0.3 is 6.18 Å². The molecule has 0 atom stereocenters. The van der Waals surface area contributed by atoms with Gasteiger partial charge < -0.3 is 10.2 Å². The highest BCUT2D eigenvalue weighted by atomic mass is 19.4. The first-order valence-corrected chi connectivity index (χ1v) is 6.95. The molecular weight excluding hydrogens is 293 g/mol. The van der Waals surface area contributed by atoms with Crippen molar-refractivity contribution in [3.05, 3.63) is 42.2 Å². The summed E-state index contributed by atoms with van der Waals surface area (Å²) < 4.78 is 37.6. The van der Waals surface area contributed by atoms with Gasteiger partial charge in [-0.15, -0.1) is 0 Å². The summed E-state index contributed by atoms with van der Waals surface area (Å²) >= 11 is 0. The molecule has 1 heterocycles. The Balaban J connectivity index is 2.15. The van der Waals surface area contributed by atoms with Crippen LogP contribution in [0.1, 0.15) is 19.4 Å². The summed E-state index contributed by atoms with van der Waals surface area (Å²) in [5, 5.41) is 2.98. The summed E-state index contributed by atoms with van der Waals surface area (Å²) in [7, 11) is 0. The largest absolute Gasteiger partial charge is 0.416 e. The van der Waals surface area contributed by atoms with E-state index in [-0.39, 0.29) is 0 Å². The maximum atomic E-state index is 12.5. The Morgan fingerprint density at radius 2 is 1.68 bits per heavy atom. The van der Waals surface area contributed by atoms with E-state index >= 15 is 0 Å². The van der Waals surface area contributed by atoms with Gasteiger partial charge in [0.25, 0.3) is 0 Å². The molecule has 0 spiro atoms. The van der Waals surface area contributed by atoms with E-state index in [1.54, 1.807) is 6.07 Å². The lowest BCUT2D eigenvalue weighted by Gasteiger charge is -2.19. The zero-order chi connectivity index (χ0) is 16.2. The molecule has 0 aliphatic rings. The van der Waals surface area contributed by atoms with Crippen LogP contribution in [0.15, 0.2) is 36.7 Å². The van der Waals surface area contributed by atoms with Gasteiger partial charge in [-0.05, 0) is 38.1 Å². The standard InChI is InChI=1S/C15H17F3N4/c1-3-22(4-2)14-9-13(19-10-20-14)21-12-7-5-11(6-8-12)15(16,17)18/h5-10H,3-4H2,1-2H3,(H,19,20,21). The second-order valence-corrected chi connectivity index (χ2v) is 4.63. The molecule has 7 heteroatoms. The van der Waals surface area contributed by atoms with E-state index in [1.807, 2.05) is 13.8 Å². The molecule has 2 rings (SSSR count). The fourth-order valence-corrected chi connectivity index (χ4v) is 2.03. The molecule has 2 aromatic rings. The summed E-state index contributed by atoms with van der Waals surface area (Å²) in [6, 6.07) is 6.60. The predicted octanol–water partition coefficient (Wildman–Crippen LogP) is 4.09. The Hall–Kier alpha value is -2.31. The van der Waals surface area contributed by atoms with E-state index in [9.17, 15) is 13.2 Å². The Bertz CT molecular complexity index is 607. The number of hydrogen-bond donors (Lipinski definition) is 1. The number of anilines is 3. The average Bonchev–Trinajstić information content (AvgIpc) is 2.48. The molecule has 0 aliphatic heterocycles. The minimum Gasteiger partial charge on any atom is -0.357 e. The van der Waals surface area contributed by atoms with Crippen LogP contribution in [0.3, 0.4) is 0 Å². The van der Waals surface area contributed by atoms with Gasteiger partial charge in [-0.2, -0.15) is 13.2 Å². The Kier molecular flexibility index (Phi) is 4.85. The van der Waals surface area contributed by atoms with Crippen LogP contribution in [0.5, 0.6) is 0 Å². The average molecular weight is 310 g/mol. The van der Waals surface area contributed by atoms with Gasteiger partial charge in [-0.25, -0.2) is 9.97 Å². The third-order valence-electron chi connectivity index (χ3n) is 3.22. The van der Waals surface area contributed by atoms with Crippen LogP contribution < -0.4 is 10.2 Å². The lowest BCUT2D eigenvalue weighted by atomic mass is 10.2. The number of hydrogen-bond acceptors (Lipinski definition) is 4. The molecule has 4 nitrogen and oxygen atoms in total. The predicted molar refractivity (Wildman–Crippen MR) is 80.3 cm³/mol. The van der Waals surface area contributed by atoms with Crippen LogP contribution in [0, 0.1) is 0 Å². The van der Waals surface area contributed by atoms with Crippen LogP contribution >= 0.6 is 0 Å². The van der Waals surface area contributed by atoms with Crippen molar-refractivity contribution >= 4 is 17.3 Å². The molecule has 22 heavy (non-hydrogen) atoms. The molecule has 0 saturated heterocycles. The van der Waals surface area contributed by atoms with Crippen molar-refractivity contribution in [1.82, 2.24) is 9.97 Å². The zero-order valence-electron chi connectivity index (χ0n) is 12.4. The van der Waals surface area contributed by atoms with E-state index in [4.69, 9.17) is 0 Å². The first kappa shape index (κ1) is 16.1. The minimum atomic E-state index is -4.33. The lowest BCUT2D eigenvalue weighted by Crippen LogP contribution is -2.23. The van der Waals surface area contributed by atoms with E-state index < -0.39 is 11.7 Å². The summed E-state index contributed by atoms with van der Waals surface area (Å²) in [5.41, 5.74) is -0.137. The maximum Gasteiger partial charge on any atom is 0.416 e. The highest BCUT2D eigenvalue weighted by molar-refractivity contribution is 5.59. The molecule has 0 saturated carbocycles. The first-order valence-electron chi connectivity index (χ1n) is 6.95. The fraction of sp³-hybridized carbons (Fsp3) is 0.333. The number of nitrogens with one attached hydrogen (secondary N) is 1. The van der Waals surface area contributed by atoms with Crippen molar-refractivity contribution < 1.29 is 13.2 Å². The molecule has 0 radical (unpaired) electrons. The molecule has 1 aromatic heterocycles. The Labute approximate surface area is 127 Å². The summed E-state index contributed by atoms with van der Waals surface area (Å²) in [4.78, 5) is 10.3. The third-order valence-corrected chi connectivity index (χ3v) is 3.22. The van der Waals surface area contributed by atoms with E-state index in [0.717, 1.165) is 31.0 Å². The maximum absolute atomic E-state index is 12.5. The number of halogens is 3. The third kappa shape index (κ3) is 3.87. The van der Waals surface area contributed by atoms with Crippen LogP contribution in [-0.2, 0) is 6.18 Å². The zero-order valence-corrected chi connectivity index (χ0v) is 12.4. The number of rotatable bonds is 5. The van der Waals surface area contributed by atoms with Crippen molar-refractivity contribution in [3.8, 4) is 0 Å². The summed E-state index contributed by atoms with van der Waals surface area (Å²) in [5.74, 6) is 1.31. The molecule has 0 bridgehead atoms. The molecule has 0 fully saturated rings. The lowest BCUT2D eigenvalue weighted by molar-refractivity contribution is -0.137. The first-order chi connectivity index (χ1) is 10.4. The van der Waals surface area contributed by atoms with Crippen LogP contribution in [0.25, 0.3) is 0 Å². The monoisotopic (exact) mass is 310 g/mol. The van der Waals surface area contributed by atoms with Gasteiger partial charge in [0.05, 0.1) is 5.56 Å². The second kappa shape index (κ2) is 6.64. The topological polar surface area (TPSA) is 41.0 Å².